The van der Waals surface area contributed by atoms with Crippen molar-refractivity contribution in [1.29, 1.82) is 0 Å². The molecule has 0 amide bonds. The van der Waals surface area contributed by atoms with E-state index in [1.165, 1.54) is 6.07 Å². The van der Waals surface area contributed by atoms with E-state index in [2.05, 4.69) is 0 Å². The van der Waals surface area contributed by atoms with E-state index in [0.717, 1.165) is 17.8 Å². The molecule has 0 fully saturated rings. The van der Waals surface area contributed by atoms with E-state index < -0.39 is 11.7 Å². The maximum absolute atomic E-state index is 12.6. The second-order valence-electron chi connectivity index (χ2n) is 3.92. The molecule has 0 bridgehead atoms. The zero-order valence-corrected chi connectivity index (χ0v) is 10.0. The van der Waals surface area contributed by atoms with Crippen LogP contribution in [0.3, 0.4) is 0 Å². The highest BCUT2D eigenvalue weighted by molar-refractivity contribution is 6.35. The Kier molecular flexibility index (Phi) is 2.78. The van der Waals surface area contributed by atoms with Crippen molar-refractivity contribution < 1.29 is 17.7 Å². The van der Waals surface area contributed by atoms with Crippen molar-refractivity contribution in [1.82, 2.24) is 0 Å². The Balaban J connectivity index is 2.81. The number of nitrogens with zero attached hydrogens (tertiary/aromatic N) is 1. The molecule has 0 radical (unpaired) electrons. The Labute approximate surface area is 101 Å². The van der Waals surface area contributed by atoms with Gasteiger partial charge in [-0.1, -0.05) is 11.6 Å². The predicted octanol–water partition coefficient (Wildman–Crippen LogP) is 3.64. The molecule has 2 rings (SSSR count). The van der Waals surface area contributed by atoms with E-state index in [1.807, 2.05) is 0 Å². The maximum Gasteiger partial charge on any atom is 0.416 e. The molecule has 0 saturated heterocycles. The molecule has 5 heteroatoms. The van der Waals surface area contributed by atoms with Crippen LogP contribution < -0.4 is 4.57 Å². The first kappa shape index (κ1) is 12.2. The molecule has 2 aromatic rings. The van der Waals surface area contributed by atoms with Crippen molar-refractivity contribution in [2.24, 2.45) is 7.05 Å². The molecule has 1 aromatic heterocycles. The van der Waals surface area contributed by atoms with Crippen LogP contribution in [-0.2, 0) is 13.2 Å². The summed E-state index contributed by atoms with van der Waals surface area (Å²) in [6.45, 7) is 1.80. The first-order chi connectivity index (χ1) is 7.80. The van der Waals surface area contributed by atoms with Gasteiger partial charge in [0.1, 0.15) is 7.05 Å². The van der Waals surface area contributed by atoms with Crippen LogP contribution in [0, 0.1) is 6.92 Å². The molecule has 17 heavy (non-hydrogen) atoms. The van der Waals surface area contributed by atoms with Crippen LogP contribution in [0.25, 0.3) is 10.9 Å². The summed E-state index contributed by atoms with van der Waals surface area (Å²) in [6, 6.07) is 5.30. The van der Waals surface area contributed by atoms with Crippen molar-refractivity contribution >= 4 is 22.5 Å². The average Bonchev–Trinajstić information content (AvgIpc) is 2.24. The largest absolute Gasteiger partial charge is 0.416 e. The van der Waals surface area contributed by atoms with Crippen LogP contribution in [0.1, 0.15) is 11.3 Å². The van der Waals surface area contributed by atoms with Crippen molar-refractivity contribution in [3.05, 3.63) is 40.5 Å². The Morgan fingerprint density at radius 2 is 1.82 bits per heavy atom. The molecule has 0 aliphatic carbocycles. The Hall–Kier alpha value is -1.29. The van der Waals surface area contributed by atoms with E-state index in [0.29, 0.717) is 15.9 Å². The third-order valence-electron chi connectivity index (χ3n) is 2.81. The molecule has 0 aliphatic heterocycles. The molecule has 0 saturated carbocycles. The predicted molar refractivity (Wildman–Crippen MR) is 59.9 cm³/mol. The number of pyridine rings is 1. The molecule has 0 atom stereocenters. The summed E-state index contributed by atoms with van der Waals surface area (Å²) in [4.78, 5) is 0. The topological polar surface area (TPSA) is 3.88 Å². The van der Waals surface area contributed by atoms with Gasteiger partial charge in [-0.2, -0.15) is 17.7 Å². The molecule has 1 nitrogen and oxygen atoms in total. The van der Waals surface area contributed by atoms with Gasteiger partial charge in [0.05, 0.1) is 16.0 Å². The lowest BCUT2D eigenvalue weighted by molar-refractivity contribution is -0.651. The lowest BCUT2D eigenvalue weighted by Gasteiger charge is -2.08. The van der Waals surface area contributed by atoms with Crippen LogP contribution in [-0.4, -0.2) is 0 Å². The van der Waals surface area contributed by atoms with E-state index >= 15 is 0 Å². The van der Waals surface area contributed by atoms with E-state index in [1.54, 1.807) is 24.6 Å². The van der Waals surface area contributed by atoms with Crippen molar-refractivity contribution in [2.75, 3.05) is 0 Å². The minimum absolute atomic E-state index is 0.462. The summed E-state index contributed by atoms with van der Waals surface area (Å²) in [5.41, 5.74) is 0.619. The molecule has 1 heterocycles. The number of hydrogen-bond donors (Lipinski definition) is 0. The normalized spacial score (nSPS) is 12.1. The molecule has 0 N–H and O–H groups in total. The van der Waals surface area contributed by atoms with Gasteiger partial charge in [0, 0.05) is 19.1 Å². The van der Waals surface area contributed by atoms with Crippen LogP contribution in [0.15, 0.2) is 24.3 Å². The molecule has 0 spiro atoms. The Morgan fingerprint density at radius 3 is 2.41 bits per heavy atom. The summed E-state index contributed by atoms with van der Waals surface area (Å²) in [6.07, 6.45) is -4.34. The average molecular weight is 261 g/mol. The Morgan fingerprint density at radius 1 is 1.18 bits per heavy atom. The number of fused-ring (bicyclic) bond motifs is 1. The number of aromatic nitrogens is 1. The van der Waals surface area contributed by atoms with E-state index in [4.69, 9.17) is 11.6 Å². The minimum Gasteiger partial charge on any atom is -0.198 e. The number of halogens is 4. The van der Waals surface area contributed by atoms with Crippen molar-refractivity contribution in [3.8, 4) is 0 Å². The zero-order chi connectivity index (χ0) is 12.8. The fourth-order valence-corrected chi connectivity index (χ4v) is 2.05. The van der Waals surface area contributed by atoms with E-state index in [9.17, 15) is 13.2 Å². The summed E-state index contributed by atoms with van der Waals surface area (Å²) in [5.74, 6) is 0. The lowest BCUT2D eigenvalue weighted by atomic mass is 10.1. The fraction of sp³-hybridized carbons (Fsp3) is 0.250. The second-order valence-corrected chi connectivity index (χ2v) is 4.33. The van der Waals surface area contributed by atoms with Gasteiger partial charge in [-0.25, -0.2) is 0 Å². The number of benzene rings is 1. The molecule has 0 aliphatic rings. The van der Waals surface area contributed by atoms with Crippen molar-refractivity contribution in [2.45, 2.75) is 13.1 Å². The third kappa shape index (κ3) is 2.09. The minimum atomic E-state index is -4.34. The molecule has 90 valence electrons. The number of alkyl halides is 3. The SMILES string of the molecule is Cc1cc(Cl)c2ccc(C(F)(F)F)cc2[n+]1C. The van der Waals surface area contributed by atoms with Gasteiger partial charge < -0.3 is 0 Å². The Bertz CT molecular complexity index is 590. The summed E-state index contributed by atoms with van der Waals surface area (Å²) >= 11 is 6.01. The first-order valence-corrected chi connectivity index (χ1v) is 5.34. The first-order valence-electron chi connectivity index (χ1n) is 4.97. The van der Waals surface area contributed by atoms with Gasteiger partial charge in [-0.15, -0.1) is 0 Å². The van der Waals surface area contributed by atoms with Crippen LogP contribution >= 0.6 is 11.6 Å². The van der Waals surface area contributed by atoms with Gasteiger partial charge >= 0.3 is 6.18 Å². The number of rotatable bonds is 0. The third-order valence-corrected chi connectivity index (χ3v) is 3.12. The second kappa shape index (κ2) is 3.88. The molecule has 0 unspecified atom stereocenters. The van der Waals surface area contributed by atoms with Crippen LogP contribution in [0.2, 0.25) is 5.02 Å². The van der Waals surface area contributed by atoms with Gasteiger partial charge in [-0.3, -0.25) is 0 Å². The van der Waals surface area contributed by atoms with Crippen LogP contribution in [0.4, 0.5) is 13.2 Å². The zero-order valence-electron chi connectivity index (χ0n) is 9.27. The number of hydrogen-bond acceptors (Lipinski definition) is 0. The highest BCUT2D eigenvalue weighted by Crippen LogP contribution is 2.32. The fourth-order valence-electron chi connectivity index (χ4n) is 1.74. The molecular weight excluding hydrogens is 251 g/mol. The quantitative estimate of drug-likeness (QED) is 0.637. The van der Waals surface area contributed by atoms with Crippen LogP contribution in [0.5, 0.6) is 0 Å². The smallest absolute Gasteiger partial charge is 0.198 e. The summed E-state index contributed by atoms with van der Waals surface area (Å²) < 4.78 is 39.5. The van der Waals surface area contributed by atoms with Gasteiger partial charge in [0.2, 0.25) is 5.52 Å². The maximum atomic E-state index is 12.6. The molecular formula is C12H10ClF3N+. The van der Waals surface area contributed by atoms with Gasteiger partial charge in [0.15, 0.2) is 5.69 Å². The standard InChI is InChI=1S/C12H10ClF3N/c1-7-5-10(13)9-4-3-8(12(14,15)16)6-11(9)17(7)2/h3-6H,1-2H3/q+1. The van der Waals surface area contributed by atoms with Crippen molar-refractivity contribution in [3.63, 3.8) is 0 Å². The highest BCUT2D eigenvalue weighted by Gasteiger charge is 2.31. The summed E-state index contributed by atoms with van der Waals surface area (Å²) in [5, 5.41) is 1.08. The monoisotopic (exact) mass is 260 g/mol. The molecule has 1 aromatic carbocycles. The summed E-state index contributed by atoms with van der Waals surface area (Å²) in [7, 11) is 1.72. The van der Waals surface area contributed by atoms with Gasteiger partial charge in [-0.05, 0) is 12.1 Å². The number of aryl methyl sites for hydroxylation is 2. The highest BCUT2D eigenvalue weighted by atomic mass is 35.5. The van der Waals surface area contributed by atoms with E-state index in [-0.39, 0.29) is 0 Å². The van der Waals surface area contributed by atoms with Gasteiger partial charge in [0.25, 0.3) is 0 Å². The lowest BCUT2D eigenvalue weighted by Crippen LogP contribution is -2.33.